The maximum atomic E-state index is 12.0. The van der Waals surface area contributed by atoms with Gasteiger partial charge < -0.3 is 10.4 Å². The van der Waals surface area contributed by atoms with Crippen molar-refractivity contribution in [2.75, 3.05) is 11.9 Å². The zero-order valence-electron chi connectivity index (χ0n) is 10.8. The van der Waals surface area contributed by atoms with Gasteiger partial charge >= 0.3 is 0 Å². The lowest BCUT2D eigenvalue weighted by molar-refractivity contribution is 0.102. The Morgan fingerprint density at radius 3 is 2.80 bits per heavy atom. The van der Waals surface area contributed by atoms with E-state index in [4.69, 9.17) is 16.7 Å². The smallest absolute Gasteiger partial charge is 0.274 e. The Hall–Kier alpha value is -1.91. The molecule has 1 amide bonds. The van der Waals surface area contributed by atoms with Gasteiger partial charge in [-0.15, -0.1) is 0 Å². The molecular formula is C15H15ClN2O2. The molecule has 1 aromatic carbocycles. The standard InChI is InChI=1S/C15H15ClN2O2/c16-14-8-2-7-13(18-14)15(20)17-12-6-1-4-11(10-12)5-3-9-19/h1-2,4,6-8,10,19H,3,5,9H2,(H,17,20). The first-order valence-electron chi connectivity index (χ1n) is 6.33. The molecule has 0 saturated heterocycles. The van der Waals surface area contributed by atoms with Gasteiger partial charge in [0.2, 0.25) is 0 Å². The summed E-state index contributed by atoms with van der Waals surface area (Å²) in [7, 11) is 0. The summed E-state index contributed by atoms with van der Waals surface area (Å²) in [6.45, 7) is 0.156. The van der Waals surface area contributed by atoms with Gasteiger partial charge in [0.15, 0.2) is 0 Å². The van der Waals surface area contributed by atoms with E-state index in [9.17, 15) is 4.79 Å². The molecule has 0 spiro atoms. The van der Waals surface area contributed by atoms with Gasteiger partial charge in [0, 0.05) is 12.3 Å². The predicted molar refractivity (Wildman–Crippen MR) is 79.0 cm³/mol. The number of amides is 1. The maximum Gasteiger partial charge on any atom is 0.274 e. The maximum absolute atomic E-state index is 12.0. The van der Waals surface area contributed by atoms with Gasteiger partial charge in [-0.25, -0.2) is 4.98 Å². The summed E-state index contributed by atoms with van der Waals surface area (Å²) in [5.74, 6) is -0.299. The predicted octanol–water partition coefficient (Wildman–Crippen LogP) is 2.91. The van der Waals surface area contributed by atoms with Crippen molar-refractivity contribution in [3.63, 3.8) is 0 Å². The number of nitrogens with zero attached hydrogens (tertiary/aromatic N) is 1. The second kappa shape index (κ2) is 7.03. The third-order valence-corrected chi connectivity index (χ3v) is 2.97. The molecular weight excluding hydrogens is 276 g/mol. The van der Waals surface area contributed by atoms with E-state index >= 15 is 0 Å². The molecule has 0 atom stereocenters. The Morgan fingerprint density at radius 2 is 2.05 bits per heavy atom. The summed E-state index contributed by atoms with van der Waals surface area (Å²) in [6.07, 6.45) is 1.48. The molecule has 0 radical (unpaired) electrons. The Bertz CT molecular complexity index is 602. The van der Waals surface area contributed by atoms with Gasteiger partial charge in [-0.2, -0.15) is 0 Å². The summed E-state index contributed by atoms with van der Waals surface area (Å²) in [4.78, 5) is 16.0. The van der Waals surface area contributed by atoms with Crippen LogP contribution in [0.4, 0.5) is 5.69 Å². The number of carbonyl (C=O) groups excluding carboxylic acids is 1. The molecule has 0 aliphatic carbocycles. The Kier molecular flexibility index (Phi) is 5.09. The van der Waals surface area contributed by atoms with E-state index in [2.05, 4.69) is 10.3 Å². The number of benzene rings is 1. The molecule has 5 heteroatoms. The number of aryl methyl sites for hydroxylation is 1. The minimum absolute atomic E-state index is 0.156. The normalized spacial score (nSPS) is 10.3. The van der Waals surface area contributed by atoms with Crippen molar-refractivity contribution in [3.05, 3.63) is 58.9 Å². The number of nitrogens with one attached hydrogen (secondary N) is 1. The van der Waals surface area contributed by atoms with Crippen molar-refractivity contribution < 1.29 is 9.90 Å². The van der Waals surface area contributed by atoms with Crippen molar-refractivity contribution in [1.29, 1.82) is 0 Å². The molecule has 2 N–H and O–H groups in total. The summed E-state index contributed by atoms with van der Waals surface area (Å²) < 4.78 is 0. The van der Waals surface area contributed by atoms with Crippen LogP contribution >= 0.6 is 11.6 Å². The Morgan fingerprint density at radius 1 is 1.25 bits per heavy atom. The highest BCUT2D eigenvalue weighted by Crippen LogP contribution is 2.14. The minimum Gasteiger partial charge on any atom is -0.396 e. The quantitative estimate of drug-likeness (QED) is 0.832. The van der Waals surface area contributed by atoms with Crippen molar-refractivity contribution in [3.8, 4) is 0 Å². The molecule has 0 saturated carbocycles. The van der Waals surface area contributed by atoms with Crippen LogP contribution < -0.4 is 5.32 Å². The fraction of sp³-hybridized carbons (Fsp3) is 0.200. The number of carbonyl (C=O) groups is 1. The SMILES string of the molecule is O=C(Nc1cccc(CCCO)c1)c1cccc(Cl)n1. The van der Waals surface area contributed by atoms with Crippen molar-refractivity contribution in [1.82, 2.24) is 4.98 Å². The minimum atomic E-state index is -0.299. The average molecular weight is 291 g/mol. The van der Waals surface area contributed by atoms with Gasteiger partial charge in [-0.1, -0.05) is 29.8 Å². The molecule has 0 aliphatic heterocycles. The van der Waals surface area contributed by atoms with Crippen LogP contribution in [0.15, 0.2) is 42.5 Å². The molecule has 2 rings (SSSR count). The van der Waals surface area contributed by atoms with Crippen LogP contribution in [-0.4, -0.2) is 22.6 Å². The summed E-state index contributed by atoms with van der Waals surface area (Å²) in [5, 5.41) is 11.9. The highest BCUT2D eigenvalue weighted by atomic mass is 35.5. The number of aliphatic hydroxyl groups is 1. The third kappa shape index (κ3) is 4.05. The van der Waals surface area contributed by atoms with E-state index in [1.807, 2.05) is 24.3 Å². The third-order valence-electron chi connectivity index (χ3n) is 2.76. The molecule has 0 unspecified atom stereocenters. The van der Waals surface area contributed by atoms with Crippen LogP contribution in [0.2, 0.25) is 5.15 Å². The Labute approximate surface area is 122 Å². The number of aliphatic hydroxyl groups excluding tert-OH is 1. The van der Waals surface area contributed by atoms with Crippen LogP contribution in [0, 0.1) is 0 Å². The van der Waals surface area contributed by atoms with E-state index in [0.29, 0.717) is 12.1 Å². The Balaban J connectivity index is 2.07. The summed E-state index contributed by atoms with van der Waals surface area (Å²) in [6, 6.07) is 12.4. The zero-order chi connectivity index (χ0) is 14.4. The van der Waals surface area contributed by atoms with Crippen LogP contribution in [0.1, 0.15) is 22.5 Å². The molecule has 20 heavy (non-hydrogen) atoms. The number of hydrogen-bond donors (Lipinski definition) is 2. The topological polar surface area (TPSA) is 62.2 Å². The van der Waals surface area contributed by atoms with Crippen LogP contribution in [0.3, 0.4) is 0 Å². The van der Waals surface area contributed by atoms with E-state index < -0.39 is 0 Å². The second-order valence-corrected chi connectivity index (χ2v) is 4.71. The molecule has 0 fully saturated rings. The van der Waals surface area contributed by atoms with Crippen LogP contribution in [-0.2, 0) is 6.42 Å². The summed E-state index contributed by atoms with van der Waals surface area (Å²) in [5.41, 5.74) is 2.04. The lowest BCUT2D eigenvalue weighted by Crippen LogP contribution is -2.13. The number of rotatable bonds is 5. The second-order valence-electron chi connectivity index (χ2n) is 4.33. The van der Waals surface area contributed by atoms with Gasteiger partial charge in [0.05, 0.1) is 0 Å². The number of hydrogen-bond acceptors (Lipinski definition) is 3. The zero-order valence-corrected chi connectivity index (χ0v) is 11.6. The van der Waals surface area contributed by atoms with Gasteiger partial charge in [-0.05, 0) is 42.7 Å². The first-order valence-corrected chi connectivity index (χ1v) is 6.70. The molecule has 104 valence electrons. The van der Waals surface area contributed by atoms with E-state index in [1.54, 1.807) is 18.2 Å². The first kappa shape index (κ1) is 14.5. The molecule has 2 aromatic rings. The summed E-state index contributed by atoms with van der Waals surface area (Å²) >= 11 is 5.76. The van der Waals surface area contributed by atoms with Gasteiger partial charge in [0.25, 0.3) is 5.91 Å². The fourth-order valence-corrected chi connectivity index (χ4v) is 1.98. The molecule has 1 heterocycles. The number of anilines is 1. The largest absolute Gasteiger partial charge is 0.396 e. The lowest BCUT2D eigenvalue weighted by Gasteiger charge is -2.07. The molecule has 0 aliphatic rings. The molecule has 1 aromatic heterocycles. The molecule has 4 nitrogen and oxygen atoms in total. The number of halogens is 1. The highest BCUT2D eigenvalue weighted by molar-refractivity contribution is 6.29. The van der Waals surface area contributed by atoms with E-state index in [0.717, 1.165) is 12.0 Å². The van der Waals surface area contributed by atoms with Gasteiger partial charge in [-0.3, -0.25) is 4.79 Å². The van der Waals surface area contributed by atoms with Crippen LogP contribution in [0.5, 0.6) is 0 Å². The monoisotopic (exact) mass is 290 g/mol. The van der Waals surface area contributed by atoms with E-state index in [1.165, 1.54) is 0 Å². The number of aromatic nitrogens is 1. The highest BCUT2D eigenvalue weighted by Gasteiger charge is 2.08. The average Bonchev–Trinajstić information content (AvgIpc) is 2.45. The van der Waals surface area contributed by atoms with Crippen molar-refractivity contribution in [2.24, 2.45) is 0 Å². The number of pyridine rings is 1. The first-order chi connectivity index (χ1) is 9.69. The lowest BCUT2D eigenvalue weighted by atomic mass is 10.1. The fourth-order valence-electron chi connectivity index (χ4n) is 1.82. The van der Waals surface area contributed by atoms with Crippen molar-refractivity contribution in [2.45, 2.75) is 12.8 Å². The van der Waals surface area contributed by atoms with E-state index in [-0.39, 0.29) is 23.4 Å². The van der Waals surface area contributed by atoms with Crippen molar-refractivity contribution >= 4 is 23.2 Å². The molecule has 0 bridgehead atoms. The van der Waals surface area contributed by atoms with Gasteiger partial charge in [0.1, 0.15) is 10.8 Å². The van der Waals surface area contributed by atoms with Crippen LogP contribution in [0.25, 0.3) is 0 Å².